The average Bonchev–Trinajstić information content (AvgIpc) is 2.70. The molecule has 2 aromatic carbocycles. The molecule has 0 aliphatic carbocycles. The zero-order valence-electron chi connectivity index (χ0n) is 15.5. The molecule has 0 radical (unpaired) electrons. The third kappa shape index (κ3) is 4.48. The van der Waals surface area contributed by atoms with Gasteiger partial charge in [0.2, 0.25) is 0 Å². The molecule has 1 aromatic heterocycles. The molecule has 1 aliphatic rings. The zero-order chi connectivity index (χ0) is 18.6. The topological polar surface area (TPSA) is 54.3 Å². The molecule has 0 saturated carbocycles. The average molecular weight is 404 g/mol. The van der Waals surface area contributed by atoms with E-state index in [2.05, 4.69) is 20.1 Å². The number of fused-ring (bicyclic) bond motifs is 1. The summed E-state index contributed by atoms with van der Waals surface area (Å²) in [6, 6.07) is 14.0. The molecule has 1 saturated heterocycles. The predicted molar refractivity (Wildman–Crippen MR) is 111 cm³/mol. The molecule has 148 valence electrons. The normalized spacial score (nSPS) is 14.8. The number of benzene rings is 2. The van der Waals surface area contributed by atoms with Crippen LogP contribution in [-0.4, -0.2) is 52.6 Å². The van der Waals surface area contributed by atoms with Gasteiger partial charge in [-0.25, -0.2) is 9.07 Å². The largest absolute Gasteiger partial charge is 0.369 e. The lowest BCUT2D eigenvalue weighted by atomic mass is 10.2. The second kappa shape index (κ2) is 9.12. The van der Waals surface area contributed by atoms with Gasteiger partial charge in [-0.05, 0) is 36.8 Å². The van der Waals surface area contributed by atoms with Crippen LogP contribution in [0.15, 0.2) is 53.3 Å². The van der Waals surface area contributed by atoms with E-state index in [0.717, 1.165) is 44.8 Å². The van der Waals surface area contributed by atoms with Crippen LogP contribution in [0.25, 0.3) is 10.9 Å². The van der Waals surface area contributed by atoms with E-state index in [0.29, 0.717) is 17.4 Å². The van der Waals surface area contributed by atoms with Gasteiger partial charge >= 0.3 is 0 Å². The van der Waals surface area contributed by atoms with Crippen LogP contribution >= 0.6 is 12.4 Å². The van der Waals surface area contributed by atoms with E-state index in [1.165, 1.54) is 10.7 Å². The first-order valence-electron chi connectivity index (χ1n) is 9.26. The number of piperazine rings is 1. The Balaban J connectivity index is 0.00000225. The molecule has 4 rings (SSSR count). The van der Waals surface area contributed by atoms with Crippen molar-refractivity contribution in [2.75, 3.05) is 37.6 Å². The molecule has 3 aromatic rings. The summed E-state index contributed by atoms with van der Waals surface area (Å²) in [5, 5.41) is 8.77. The Labute approximate surface area is 169 Å². The van der Waals surface area contributed by atoms with E-state index in [9.17, 15) is 9.18 Å². The van der Waals surface area contributed by atoms with Gasteiger partial charge < -0.3 is 4.90 Å². The maximum atomic E-state index is 13.4. The zero-order valence-corrected chi connectivity index (χ0v) is 16.3. The molecule has 0 unspecified atom stereocenters. The van der Waals surface area contributed by atoms with Crippen molar-refractivity contribution < 1.29 is 4.39 Å². The third-order valence-electron chi connectivity index (χ3n) is 5.02. The van der Waals surface area contributed by atoms with E-state index >= 15 is 0 Å². The smallest absolute Gasteiger partial charge is 0.277 e. The SMILES string of the molecule is Cl.O=c1c2ccccc2nnn1CCCN1CCN(c2cccc(F)c2)CC1. The first-order valence-corrected chi connectivity index (χ1v) is 9.26. The highest BCUT2D eigenvalue weighted by atomic mass is 35.5. The highest BCUT2D eigenvalue weighted by Gasteiger charge is 2.17. The first kappa shape index (κ1) is 20.2. The maximum Gasteiger partial charge on any atom is 0.277 e. The highest BCUT2D eigenvalue weighted by molar-refractivity contribution is 5.85. The van der Waals surface area contributed by atoms with Gasteiger partial charge in [-0.3, -0.25) is 9.69 Å². The molecule has 0 N–H and O–H groups in total. The van der Waals surface area contributed by atoms with Gasteiger partial charge in [0.15, 0.2) is 0 Å². The molecule has 8 heteroatoms. The van der Waals surface area contributed by atoms with Gasteiger partial charge in [-0.15, -0.1) is 17.5 Å². The maximum absolute atomic E-state index is 13.4. The van der Waals surface area contributed by atoms with Crippen LogP contribution in [0.4, 0.5) is 10.1 Å². The minimum atomic E-state index is -0.197. The molecule has 1 fully saturated rings. The molecule has 0 bridgehead atoms. The summed E-state index contributed by atoms with van der Waals surface area (Å²) in [5.74, 6) is -0.197. The van der Waals surface area contributed by atoms with Gasteiger partial charge in [-0.1, -0.05) is 23.4 Å². The Hall–Kier alpha value is -2.51. The summed E-state index contributed by atoms with van der Waals surface area (Å²) in [6.07, 6.45) is 0.840. The Bertz CT molecular complexity index is 987. The lowest BCUT2D eigenvalue weighted by Crippen LogP contribution is -2.46. The molecule has 0 spiro atoms. The summed E-state index contributed by atoms with van der Waals surface area (Å²) >= 11 is 0. The van der Waals surface area contributed by atoms with Crippen LogP contribution < -0.4 is 10.5 Å². The van der Waals surface area contributed by atoms with Gasteiger partial charge in [0.1, 0.15) is 11.3 Å². The number of nitrogens with zero attached hydrogens (tertiary/aromatic N) is 5. The second-order valence-corrected chi connectivity index (χ2v) is 6.80. The molecular formula is C20H23ClFN5O. The highest BCUT2D eigenvalue weighted by Crippen LogP contribution is 2.17. The Kier molecular flexibility index (Phi) is 6.59. The lowest BCUT2D eigenvalue weighted by molar-refractivity contribution is 0.248. The summed E-state index contributed by atoms with van der Waals surface area (Å²) in [7, 11) is 0. The summed E-state index contributed by atoms with van der Waals surface area (Å²) in [4.78, 5) is 17.0. The van der Waals surface area contributed by atoms with Crippen LogP contribution in [0.5, 0.6) is 0 Å². The molecule has 0 amide bonds. The molecular weight excluding hydrogens is 381 g/mol. The van der Waals surface area contributed by atoms with Crippen molar-refractivity contribution in [3.05, 3.63) is 64.7 Å². The molecule has 1 aliphatic heterocycles. The second-order valence-electron chi connectivity index (χ2n) is 6.80. The van der Waals surface area contributed by atoms with Crippen LogP contribution in [0.1, 0.15) is 6.42 Å². The van der Waals surface area contributed by atoms with E-state index in [1.807, 2.05) is 18.2 Å². The first-order chi connectivity index (χ1) is 13.2. The fraction of sp³-hybridized carbons (Fsp3) is 0.350. The monoisotopic (exact) mass is 403 g/mol. The lowest BCUT2D eigenvalue weighted by Gasteiger charge is -2.36. The van der Waals surface area contributed by atoms with Gasteiger partial charge in [0, 0.05) is 45.0 Å². The van der Waals surface area contributed by atoms with Crippen molar-refractivity contribution in [2.24, 2.45) is 0 Å². The van der Waals surface area contributed by atoms with Crippen LogP contribution in [0.3, 0.4) is 0 Å². The van der Waals surface area contributed by atoms with Crippen LogP contribution in [-0.2, 0) is 6.54 Å². The minimum absolute atomic E-state index is 0. The van der Waals surface area contributed by atoms with Crippen LogP contribution in [0, 0.1) is 5.82 Å². The van der Waals surface area contributed by atoms with Crippen molar-refractivity contribution in [3.8, 4) is 0 Å². The number of aryl methyl sites for hydroxylation is 1. The molecule has 0 atom stereocenters. The van der Waals surface area contributed by atoms with Gasteiger partial charge in [0.05, 0.1) is 5.39 Å². The number of hydrogen-bond acceptors (Lipinski definition) is 5. The van der Waals surface area contributed by atoms with Crippen molar-refractivity contribution in [1.82, 2.24) is 19.9 Å². The predicted octanol–water partition coefficient (Wildman–Crippen LogP) is 2.56. The summed E-state index contributed by atoms with van der Waals surface area (Å²) in [5.41, 5.74) is 1.48. The van der Waals surface area contributed by atoms with Crippen molar-refractivity contribution >= 4 is 29.0 Å². The van der Waals surface area contributed by atoms with Gasteiger partial charge in [0.25, 0.3) is 5.56 Å². The van der Waals surface area contributed by atoms with E-state index < -0.39 is 0 Å². The minimum Gasteiger partial charge on any atom is -0.369 e. The Morgan fingerprint density at radius 3 is 2.54 bits per heavy atom. The Morgan fingerprint density at radius 1 is 0.964 bits per heavy atom. The number of anilines is 1. The number of halogens is 2. The molecule has 6 nitrogen and oxygen atoms in total. The quantitative estimate of drug-likeness (QED) is 0.655. The van der Waals surface area contributed by atoms with Crippen molar-refractivity contribution in [2.45, 2.75) is 13.0 Å². The van der Waals surface area contributed by atoms with Crippen molar-refractivity contribution in [1.29, 1.82) is 0 Å². The standard InChI is InChI=1S/C20H22FN5O.ClH/c21-16-5-3-6-17(15-16)25-13-11-24(12-14-25)9-4-10-26-20(27)18-7-1-2-8-19(18)22-23-26;/h1-3,5-8,15H,4,9-14H2;1H. The fourth-order valence-electron chi connectivity index (χ4n) is 3.52. The van der Waals surface area contributed by atoms with Crippen molar-refractivity contribution in [3.63, 3.8) is 0 Å². The van der Waals surface area contributed by atoms with Gasteiger partial charge in [-0.2, -0.15) is 0 Å². The number of hydrogen-bond donors (Lipinski definition) is 0. The third-order valence-corrected chi connectivity index (χ3v) is 5.02. The summed E-state index contributed by atoms with van der Waals surface area (Å²) in [6.45, 7) is 5.06. The molecule has 2 heterocycles. The van der Waals surface area contributed by atoms with E-state index in [4.69, 9.17) is 0 Å². The number of aromatic nitrogens is 3. The van der Waals surface area contributed by atoms with E-state index in [1.54, 1.807) is 24.3 Å². The Morgan fingerprint density at radius 2 is 1.75 bits per heavy atom. The van der Waals surface area contributed by atoms with E-state index in [-0.39, 0.29) is 23.8 Å². The number of rotatable bonds is 5. The molecule has 28 heavy (non-hydrogen) atoms. The fourth-order valence-corrected chi connectivity index (χ4v) is 3.52. The van der Waals surface area contributed by atoms with Crippen LogP contribution in [0.2, 0.25) is 0 Å². The summed E-state index contributed by atoms with van der Waals surface area (Å²) < 4.78 is 14.8.